The molecule has 0 saturated carbocycles. The van der Waals surface area contributed by atoms with E-state index in [1.165, 1.54) is 21.5 Å². The number of rotatable bonds is 2. The first-order valence-corrected chi connectivity index (χ1v) is 11.0. The maximum absolute atomic E-state index is 5.15. The van der Waals surface area contributed by atoms with Crippen LogP contribution in [0.4, 0.5) is 0 Å². The molecule has 0 spiro atoms. The molecule has 4 nitrogen and oxygen atoms in total. The number of aromatic nitrogens is 4. The van der Waals surface area contributed by atoms with Gasteiger partial charge < -0.3 is 0 Å². The van der Waals surface area contributed by atoms with Crippen molar-refractivity contribution in [1.29, 1.82) is 0 Å². The van der Waals surface area contributed by atoms with Crippen LogP contribution < -0.4 is 0 Å². The Morgan fingerprint density at radius 3 is 2.03 bits per heavy atom. The summed E-state index contributed by atoms with van der Waals surface area (Å²) in [6.45, 7) is 0. The summed E-state index contributed by atoms with van der Waals surface area (Å²) in [6.07, 6.45) is 3.60. The molecule has 0 aliphatic carbocycles. The lowest BCUT2D eigenvalue weighted by molar-refractivity contribution is 1.08. The van der Waals surface area contributed by atoms with E-state index in [9.17, 15) is 0 Å². The van der Waals surface area contributed by atoms with Gasteiger partial charge >= 0.3 is 0 Å². The summed E-state index contributed by atoms with van der Waals surface area (Å²) in [5.74, 6) is 0.821. The molecule has 0 unspecified atom stereocenters. The van der Waals surface area contributed by atoms with Gasteiger partial charge in [-0.3, -0.25) is 9.55 Å². The molecular formula is C29H18N4. The van der Waals surface area contributed by atoms with Crippen LogP contribution in [0.1, 0.15) is 0 Å². The van der Waals surface area contributed by atoms with Gasteiger partial charge in [0, 0.05) is 28.7 Å². The number of hydrogen-bond donors (Lipinski definition) is 0. The molecule has 0 atom stereocenters. The van der Waals surface area contributed by atoms with Crippen LogP contribution in [0.15, 0.2) is 109 Å². The van der Waals surface area contributed by atoms with E-state index in [0.717, 1.165) is 39.1 Å². The van der Waals surface area contributed by atoms with E-state index in [1.807, 2.05) is 36.4 Å². The van der Waals surface area contributed by atoms with Crippen molar-refractivity contribution in [2.24, 2.45) is 0 Å². The molecule has 0 N–H and O–H groups in total. The second kappa shape index (κ2) is 6.97. The zero-order chi connectivity index (χ0) is 21.8. The van der Waals surface area contributed by atoms with Crippen LogP contribution in [-0.4, -0.2) is 19.5 Å². The lowest BCUT2D eigenvalue weighted by Gasteiger charge is -2.13. The molecule has 0 amide bonds. The van der Waals surface area contributed by atoms with Crippen molar-refractivity contribution in [2.75, 3.05) is 0 Å². The fourth-order valence-corrected chi connectivity index (χ4v) is 4.73. The molecule has 0 bridgehead atoms. The Morgan fingerprint density at radius 1 is 0.545 bits per heavy atom. The van der Waals surface area contributed by atoms with Crippen LogP contribution in [0.5, 0.6) is 0 Å². The third kappa shape index (κ3) is 2.74. The number of benzene rings is 4. The highest BCUT2D eigenvalue weighted by Crippen LogP contribution is 2.37. The highest BCUT2D eigenvalue weighted by atomic mass is 15.1. The zero-order valence-electron chi connectivity index (χ0n) is 17.7. The molecular weight excluding hydrogens is 404 g/mol. The van der Waals surface area contributed by atoms with Gasteiger partial charge in [-0.1, -0.05) is 54.6 Å². The number of pyridine rings is 1. The van der Waals surface area contributed by atoms with E-state index in [4.69, 9.17) is 9.97 Å². The average molecular weight is 422 g/mol. The van der Waals surface area contributed by atoms with Crippen molar-refractivity contribution in [3.05, 3.63) is 109 Å². The van der Waals surface area contributed by atoms with Gasteiger partial charge in [-0.05, 0) is 53.2 Å². The summed E-state index contributed by atoms with van der Waals surface area (Å²) in [6, 6.07) is 33.6. The first-order valence-electron chi connectivity index (χ1n) is 11.0. The Morgan fingerprint density at radius 2 is 1.21 bits per heavy atom. The van der Waals surface area contributed by atoms with Crippen LogP contribution >= 0.6 is 0 Å². The van der Waals surface area contributed by atoms with Gasteiger partial charge in [0.1, 0.15) is 5.69 Å². The summed E-state index contributed by atoms with van der Waals surface area (Å²) in [5, 5.41) is 4.84. The van der Waals surface area contributed by atoms with Crippen LogP contribution in [0.25, 0.3) is 60.7 Å². The predicted molar refractivity (Wildman–Crippen MR) is 135 cm³/mol. The summed E-state index contributed by atoms with van der Waals surface area (Å²) < 4.78 is 2.26. The van der Waals surface area contributed by atoms with Crippen LogP contribution in [0.3, 0.4) is 0 Å². The molecule has 0 aliphatic heterocycles. The molecule has 3 aromatic heterocycles. The van der Waals surface area contributed by atoms with Gasteiger partial charge in [0.2, 0.25) is 0 Å². The van der Waals surface area contributed by atoms with Gasteiger partial charge in [-0.15, -0.1) is 0 Å². The maximum atomic E-state index is 5.15. The quantitative estimate of drug-likeness (QED) is 0.303. The van der Waals surface area contributed by atoms with Crippen LogP contribution in [0, 0.1) is 0 Å². The smallest absolute Gasteiger partial charge is 0.165 e. The highest BCUT2D eigenvalue weighted by Gasteiger charge is 2.19. The van der Waals surface area contributed by atoms with E-state index in [2.05, 4.69) is 70.2 Å². The van der Waals surface area contributed by atoms with Crippen molar-refractivity contribution in [3.8, 4) is 17.1 Å². The van der Waals surface area contributed by atoms with E-state index in [1.54, 1.807) is 12.4 Å². The number of hydrogen-bond acceptors (Lipinski definition) is 3. The second-order valence-electron chi connectivity index (χ2n) is 8.19. The van der Waals surface area contributed by atoms with E-state index in [0.29, 0.717) is 0 Å². The van der Waals surface area contributed by atoms with Gasteiger partial charge in [0.15, 0.2) is 5.82 Å². The summed E-state index contributed by atoms with van der Waals surface area (Å²) in [4.78, 5) is 14.4. The third-order valence-electron chi connectivity index (χ3n) is 6.26. The standard InChI is InChI=1S/C29H18N4/c1-2-8-21-18-27-23(17-20(21)7-1)22-9-3-6-12-26(22)33(27)29-28(19-13-15-30-16-14-19)31-24-10-4-5-11-25(24)32-29/h1-18H. The Balaban J connectivity index is 1.68. The molecule has 154 valence electrons. The second-order valence-corrected chi connectivity index (χ2v) is 8.19. The number of fused-ring (bicyclic) bond motifs is 5. The minimum atomic E-state index is 0.821. The monoisotopic (exact) mass is 422 g/mol. The molecule has 7 aromatic rings. The summed E-state index contributed by atoms with van der Waals surface area (Å²) in [7, 11) is 0. The van der Waals surface area contributed by atoms with Crippen LogP contribution in [-0.2, 0) is 0 Å². The van der Waals surface area contributed by atoms with E-state index < -0.39 is 0 Å². The summed E-state index contributed by atoms with van der Waals surface area (Å²) in [5.41, 5.74) is 5.81. The molecule has 33 heavy (non-hydrogen) atoms. The van der Waals surface area contributed by atoms with E-state index >= 15 is 0 Å². The van der Waals surface area contributed by atoms with Gasteiger partial charge in [-0.25, -0.2) is 9.97 Å². The molecule has 3 heterocycles. The van der Waals surface area contributed by atoms with Crippen LogP contribution in [0.2, 0.25) is 0 Å². The zero-order valence-corrected chi connectivity index (χ0v) is 17.7. The Bertz CT molecular complexity index is 1820. The first kappa shape index (κ1) is 18.0. The SMILES string of the molecule is c1ccc2cc3c(cc2c1)c1ccccc1n3-c1nc2ccccc2nc1-c1ccncc1. The van der Waals surface area contributed by atoms with Gasteiger partial charge in [0.05, 0.1) is 22.1 Å². The first-order chi connectivity index (χ1) is 16.4. The molecule has 4 aromatic carbocycles. The Hall–Kier alpha value is -4.57. The molecule has 0 aliphatic rings. The Kier molecular flexibility index (Phi) is 3.81. The van der Waals surface area contributed by atoms with Gasteiger partial charge in [-0.2, -0.15) is 0 Å². The number of nitrogens with zero attached hydrogens (tertiary/aromatic N) is 4. The fraction of sp³-hybridized carbons (Fsp3) is 0. The minimum absolute atomic E-state index is 0.821. The largest absolute Gasteiger partial charge is 0.292 e. The van der Waals surface area contributed by atoms with Crippen molar-refractivity contribution in [3.63, 3.8) is 0 Å². The Labute approximate surface area is 189 Å². The summed E-state index contributed by atoms with van der Waals surface area (Å²) >= 11 is 0. The molecule has 7 rings (SSSR count). The van der Waals surface area contributed by atoms with Gasteiger partial charge in [0.25, 0.3) is 0 Å². The topological polar surface area (TPSA) is 43.6 Å². The molecule has 0 fully saturated rings. The van der Waals surface area contributed by atoms with Crippen molar-refractivity contribution in [2.45, 2.75) is 0 Å². The maximum Gasteiger partial charge on any atom is 0.165 e. The predicted octanol–water partition coefficient (Wildman–Crippen LogP) is 6.94. The molecule has 0 radical (unpaired) electrons. The van der Waals surface area contributed by atoms with Crippen molar-refractivity contribution >= 4 is 43.6 Å². The normalized spacial score (nSPS) is 11.6. The van der Waals surface area contributed by atoms with Crippen molar-refractivity contribution in [1.82, 2.24) is 19.5 Å². The highest BCUT2D eigenvalue weighted by molar-refractivity contribution is 6.13. The number of para-hydroxylation sites is 3. The lowest BCUT2D eigenvalue weighted by Crippen LogP contribution is -2.03. The third-order valence-corrected chi connectivity index (χ3v) is 6.26. The molecule has 4 heteroatoms. The molecule has 0 saturated heterocycles. The fourth-order valence-electron chi connectivity index (χ4n) is 4.73. The average Bonchev–Trinajstić information content (AvgIpc) is 3.20. The van der Waals surface area contributed by atoms with Crippen molar-refractivity contribution < 1.29 is 0 Å². The van der Waals surface area contributed by atoms with E-state index in [-0.39, 0.29) is 0 Å². The lowest BCUT2D eigenvalue weighted by atomic mass is 10.1. The minimum Gasteiger partial charge on any atom is -0.292 e.